The van der Waals surface area contributed by atoms with E-state index in [1.807, 2.05) is 10.8 Å². The average molecular weight is 238 g/mol. The minimum Gasteiger partial charge on any atom is -0.356 e. The number of amides is 1. The molecule has 1 amide bonds. The third-order valence-corrected chi connectivity index (χ3v) is 2.40. The molecule has 0 unspecified atom stereocenters. The Morgan fingerprint density at radius 2 is 2.29 bits per heavy atom. The highest BCUT2D eigenvalue weighted by Gasteiger charge is 2.12. The van der Waals surface area contributed by atoms with Crippen molar-refractivity contribution in [1.82, 2.24) is 14.9 Å². The van der Waals surface area contributed by atoms with E-state index < -0.39 is 6.04 Å². The second kappa shape index (κ2) is 6.80. The zero-order valence-corrected chi connectivity index (χ0v) is 9.93. The Morgan fingerprint density at radius 3 is 2.88 bits per heavy atom. The number of ketones is 1. The molecule has 94 valence electrons. The van der Waals surface area contributed by atoms with Crippen LogP contribution in [0, 0.1) is 0 Å². The van der Waals surface area contributed by atoms with Gasteiger partial charge in [0.05, 0.1) is 12.4 Å². The predicted octanol–water partition coefficient (Wildman–Crippen LogP) is -0.304. The second-order valence-corrected chi connectivity index (χ2v) is 3.93. The first kappa shape index (κ1) is 13.4. The smallest absolute Gasteiger partial charge is 0.222 e. The van der Waals surface area contributed by atoms with Crippen LogP contribution < -0.4 is 11.1 Å². The van der Waals surface area contributed by atoms with Crippen molar-refractivity contribution in [3.05, 3.63) is 18.7 Å². The SMILES string of the molecule is CC(=O)[C@@H](N)CC(=O)NCCCn1ccnc1. The number of nitrogens with two attached hydrogens (primary N) is 1. The monoisotopic (exact) mass is 238 g/mol. The normalized spacial score (nSPS) is 12.1. The molecule has 0 aromatic carbocycles. The fourth-order valence-corrected chi connectivity index (χ4v) is 1.32. The van der Waals surface area contributed by atoms with Crippen molar-refractivity contribution >= 4 is 11.7 Å². The third-order valence-electron chi connectivity index (χ3n) is 2.40. The summed E-state index contributed by atoms with van der Waals surface area (Å²) in [4.78, 5) is 26.1. The minimum absolute atomic E-state index is 0.0560. The lowest BCUT2D eigenvalue weighted by Crippen LogP contribution is -2.36. The van der Waals surface area contributed by atoms with E-state index in [-0.39, 0.29) is 18.1 Å². The quantitative estimate of drug-likeness (QED) is 0.638. The van der Waals surface area contributed by atoms with E-state index in [0.29, 0.717) is 6.54 Å². The molecule has 1 heterocycles. The number of aromatic nitrogens is 2. The van der Waals surface area contributed by atoms with Gasteiger partial charge in [0.2, 0.25) is 5.91 Å². The predicted molar refractivity (Wildman–Crippen MR) is 63.1 cm³/mol. The molecule has 1 aromatic heterocycles. The van der Waals surface area contributed by atoms with E-state index in [4.69, 9.17) is 5.73 Å². The van der Waals surface area contributed by atoms with E-state index in [9.17, 15) is 9.59 Å². The Labute approximate surface area is 100 Å². The molecule has 0 aliphatic carbocycles. The van der Waals surface area contributed by atoms with Gasteiger partial charge in [-0.1, -0.05) is 0 Å². The molecule has 0 saturated heterocycles. The van der Waals surface area contributed by atoms with Crippen LogP contribution in [0.3, 0.4) is 0 Å². The Balaban J connectivity index is 2.10. The van der Waals surface area contributed by atoms with Gasteiger partial charge in [0.1, 0.15) is 5.78 Å². The highest BCUT2D eigenvalue weighted by Crippen LogP contribution is 1.92. The summed E-state index contributed by atoms with van der Waals surface area (Å²) < 4.78 is 1.94. The Kier molecular flexibility index (Phi) is 5.35. The summed E-state index contributed by atoms with van der Waals surface area (Å²) in [5, 5.41) is 2.73. The molecule has 0 radical (unpaired) electrons. The van der Waals surface area contributed by atoms with E-state index in [0.717, 1.165) is 13.0 Å². The number of carbonyl (C=O) groups is 2. The van der Waals surface area contributed by atoms with Crippen LogP contribution in [0.25, 0.3) is 0 Å². The van der Waals surface area contributed by atoms with Crippen LogP contribution in [-0.4, -0.2) is 33.8 Å². The molecule has 3 N–H and O–H groups in total. The zero-order chi connectivity index (χ0) is 12.7. The molecule has 0 bridgehead atoms. The number of aryl methyl sites for hydroxylation is 1. The van der Waals surface area contributed by atoms with Crippen molar-refractivity contribution in [3.63, 3.8) is 0 Å². The first-order valence-electron chi connectivity index (χ1n) is 5.58. The first-order chi connectivity index (χ1) is 8.09. The van der Waals surface area contributed by atoms with Crippen LogP contribution in [0.1, 0.15) is 19.8 Å². The van der Waals surface area contributed by atoms with Crippen LogP contribution in [0.2, 0.25) is 0 Å². The molecule has 0 fully saturated rings. The van der Waals surface area contributed by atoms with Gasteiger partial charge in [-0.3, -0.25) is 9.59 Å². The van der Waals surface area contributed by atoms with E-state index >= 15 is 0 Å². The first-order valence-corrected chi connectivity index (χ1v) is 5.58. The molecular weight excluding hydrogens is 220 g/mol. The fourth-order valence-electron chi connectivity index (χ4n) is 1.32. The summed E-state index contributed by atoms with van der Waals surface area (Å²) in [7, 11) is 0. The van der Waals surface area contributed by atoms with Crippen molar-refractivity contribution in [2.45, 2.75) is 32.4 Å². The van der Waals surface area contributed by atoms with Gasteiger partial charge in [-0.25, -0.2) is 4.98 Å². The molecule has 6 nitrogen and oxygen atoms in total. The van der Waals surface area contributed by atoms with Crippen molar-refractivity contribution in [3.8, 4) is 0 Å². The van der Waals surface area contributed by atoms with Crippen LogP contribution >= 0.6 is 0 Å². The maximum absolute atomic E-state index is 11.4. The number of hydrogen-bond acceptors (Lipinski definition) is 4. The van der Waals surface area contributed by atoms with Crippen molar-refractivity contribution in [2.24, 2.45) is 5.73 Å². The summed E-state index contributed by atoms with van der Waals surface area (Å²) in [6.07, 6.45) is 6.18. The lowest BCUT2D eigenvalue weighted by molar-refractivity contribution is -0.125. The Hall–Kier alpha value is -1.69. The van der Waals surface area contributed by atoms with E-state index in [1.54, 1.807) is 12.5 Å². The molecule has 6 heteroatoms. The summed E-state index contributed by atoms with van der Waals surface area (Å²) in [6, 6.07) is -0.691. The summed E-state index contributed by atoms with van der Waals surface area (Å²) in [6.45, 7) is 2.76. The van der Waals surface area contributed by atoms with Gasteiger partial charge < -0.3 is 15.6 Å². The van der Waals surface area contributed by atoms with Crippen LogP contribution in [0.4, 0.5) is 0 Å². The van der Waals surface area contributed by atoms with Crippen LogP contribution in [0.15, 0.2) is 18.7 Å². The van der Waals surface area contributed by atoms with Gasteiger partial charge in [-0.2, -0.15) is 0 Å². The van der Waals surface area contributed by atoms with Crippen molar-refractivity contribution < 1.29 is 9.59 Å². The summed E-state index contributed by atoms with van der Waals surface area (Å²) in [5.41, 5.74) is 5.48. The molecule has 0 spiro atoms. The van der Waals surface area contributed by atoms with Gasteiger partial charge in [0.15, 0.2) is 0 Å². The summed E-state index contributed by atoms with van der Waals surface area (Å²) in [5.74, 6) is -0.350. The number of hydrogen-bond donors (Lipinski definition) is 2. The Bertz CT molecular complexity index is 362. The Morgan fingerprint density at radius 1 is 1.53 bits per heavy atom. The number of carbonyl (C=O) groups excluding carboxylic acids is 2. The van der Waals surface area contributed by atoms with Gasteiger partial charge in [-0.05, 0) is 13.3 Å². The lowest BCUT2D eigenvalue weighted by atomic mass is 10.1. The van der Waals surface area contributed by atoms with Crippen molar-refractivity contribution in [1.29, 1.82) is 0 Å². The molecule has 0 aliphatic heterocycles. The fraction of sp³-hybridized carbons (Fsp3) is 0.545. The molecular formula is C11H18N4O2. The molecule has 0 aliphatic rings. The topological polar surface area (TPSA) is 90.0 Å². The maximum atomic E-state index is 11.4. The van der Waals surface area contributed by atoms with Gasteiger partial charge in [-0.15, -0.1) is 0 Å². The third kappa shape index (κ3) is 5.26. The number of nitrogens with one attached hydrogen (secondary N) is 1. The lowest BCUT2D eigenvalue weighted by Gasteiger charge is -2.08. The van der Waals surface area contributed by atoms with E-state index in [1.165, 1.54) is 6.92 Å². The summed E-state index contributed by atoms with van der Waals surface area (Å²) >= 11 is 0. The molecule has 1 rings (SSSR count). The number of nitrogens with zero attached hydrogens (tertiary/aromatic N) is 2. The molecule has 1 atom stereocenters. The van der Waals surface area contributed by atoms with Crippen LogP contribution in [-0.2, 0) is 16.1 Å². The van der Waals surface area contributed by atoms with Crippen molar-refractivity contribution in [2.75, 3.05) is 6.54 Å². The zero-order valence-electron chi connectivity index (χ0n) is 9.93. The largest absolute Gasteiger partial charge is 0.356 e. The highest BCUT2D eigenvalue weighted by molar-refractivity contribution is 5.87. The molecule has 17 heavy (non-hydrogen) atoms. The maximum Gasteiger partial charge on any atom is 0.222 e. The molecule has 1 aromatic rings. The standard InChI is InChI=1S/C11H18N4O2/c1-9(16)10(12)7-11(17)14-3-2-5-15-6-4-13-8-15/h4,6,8,10H,2-3,5,7,12H2,1H3,(H,14,17)/t10-/m0/s1. The highest BCUT2D eigenvalue weighted by atomic mass is 16.2. The second-order valence-electron chi connectivity index (χ2n) is 3.93. The van der Waals surface area contributed by atoms with Crippen LogP contribution in [0.5, 0.6) is 0 Å². The van der Waals surface area contributed by atoms with Gasteiger partial charge in [0, 0.05) is 31.9 Å². The number of rotatable bonds is 7. The van der Waals surface area contributed by atoms with E-state index in [2.05, 4.69) is 10.3 Å². The number of imidazole rings is 1. The minimum atomic E-state index is -0.691. The molecule has 0 saturated carbocycles. The van der Waals surface area contributed by atoms with Gasteiger partial charge >= 0.3 is 0 Å². The average Bonchev–Trinajstić information content (AvgIpc) is 2.77. The van der Waals surface area contributed by atoms with Gasteiger partial charge in [0.25, 0.3) is 0 Å². The number of Topliss-reactive ketones (excluding diaryl/α,β-unsaturated/α-hetero) is 1.